The van der Waals surface area contributed by atoms with Crippen molar-refractivity contribution in [1.82, 2.24) is 14.8 Å². The Balaban J connectivity index is 1.55. The number of hydrogen-bond acceptors (Lipinski definition) is 2. The molecule has 1 aliphatic heterocycles. The number of rotatable bonds is 3. The first kappa shape index (κ1) is 15.3. The van der Waals surface area contributed by atoms with Crippen molar-refractivity contribution in [2.24, 2.45) is 0 Å². The van der Waals surface area contributed by atoms with Crippen molar-refractivity contribution in [3.63, 3.8) is 0 Å². The van der Waals surface area contributed by atoms with E-state index in [9.17, 15) is 14.0 Å². The maximum absolute atomic E-state index is 13.2. The SMILES string of the molecule is O=C(Cc1cc[nH]c1)N1CCN(C(=O)c2cccc(F)c2)CC1. The van der Waals surface area contributed by atoms with Gasteiger partial charge in [-0.05, 0) is 29.8 Å². The fourth-order valence-corrected chi connectivity index (χ4v) is 2.72. The molecule has 1 aliphatic rings. The van der Waals surface area contributed by atoms with Crippen LogP contribution >= 0.6 is 0 Å². The lowest BCUT2D eigenvalue weighted by Crippen LogP contribution is -2.51. The standard InChI is InChI=1S/C17H18FN3O2/c18-15-3-1-2-14(11-15)17(23)21-8-6-20(7-9-21)16(22)10-13-4-5-19-12-13/h1-5,11-12,19H,6-10H2. The molecule has 2 aromatic rings. The molecule has 0 atom stereocenters. The Kier molecular flexibility index (Phi) is 4.41. The molecule has 1 aromatic carbocycles. The van der Waals surface area contributed by atoms with E-state index in [1.54, 1.807) is 22.1 Å². The fraction of sp³-hybridized carbons (Fsp3) is 0.294. The third kappa shape index (κ3) is 3.59. The van der Waals surface area contributed by atoms with E-state index in [4.69, 9.17) is 0 Å². The number of carbonyl (C=O) groups is 2. The van der Waals surface area contributed by atoms with E-state index in [1.807, 2.05) is 12.3 Å². The van der Waals surface area contributed by atoms with Crippen molar-refractivity contribution < 1.29 is 14.0 Å². The molecule has 23 heavy (non-hydrogen) atoms. The van der Waals surface area contributed by atoms with E-state index in [2.05, 4.69) is 4.98 Å². The van der Waals surface area contributed by atoms with E-state index in [-0.39, 0.29) is 11.8 Å². The summed E-state index contributed by atoms with van der Waals surface area (Å²) >= 11 is 0. The number of hydrogen-bond donors (Lipinski definition) is 1. The number of piperazine rings is 1. The van der Waals surface area contributed by atoms with Crippen LogP contribution in [0.3, 0.4) is 0 Å². The average molecular weight is 315 g/mol. The van der Waals surface area contributed by atoms with Crippen LogP contribution in [0.5, 0.6) is 0 Å². The Bertz CT molecular complexity index is 692. The highest BCUT2D eigenvalue weighted by Crippen LogP contribution is 2.11. The summed E-state index contributed by atoms with van der Waals surface area (Å²) in [5.41, 5.74) is 1.30. The number of carbonyl (C=O) groups excluding carboxylic acids is 2. The third-order valence-electron chi connectivity index (χ3n) is 4.01. The smallest absolute Gasteiger partial charge is 0.254 e. The van der Waals surface area contributed by atoms with E-state index >= 15 is 0 Å². The Morgan fingerprint density at radius 1 is 1.09 bits per heavy atom. The molecule has 2 amide bonds. The quantitative estimate of drug-likeness (QED) is 0.937. The minimum atomic E-state index is -0.420. The summed E-state index contributed by atoms with van der Waals surface area (Å²) in [6.07, 6.45) is 3.96. The van der Waals surface area contributed by atoms with Gasteiger partial charge < -0.3 is 14.8 Å². The maximum atomic E-state index is 13.2. The predicted octanol–water partition coefficient (Wildman–Crippen LogP) is 1.68. The molecule has 0 spiro atoms. The number of aromatic nitrogens is 1. The van der Waals surface area contributed by atoms with Gasteiger partial charge in [0.05, 0.1) is 6.42 Å². The molecule has 1 saturated heterocycles. The summed E-state index contributed by atoms with van der Waals surface area (Å²) in [4.78, 5) is 30.9. The zero-order chi connectivity index (χ0) is 16.2. The van der Waals surface area contributed by atoms with Gasteiger partial charge in [-0.2, -0.15) is 0 Å². The van der Waals surface area contributed by atoms with Crippen LogP contribution in [0.25, 0.3) is 0 Å². The van der Waals surface area contributed by atoms with Crippen molar-refractivity contribution in [2.45, 2.75) is 6.42 Å². The summed E-state index contributed by atoms with van der Waals surface area (Å²) in [6.45, 7) is 1.94. The van der Waals surface area contributed by atoms with Gasteiger partial charge in [0.1, 0.15) is 5.82 Å². The molecule has 6 heteroatoms. The number of amides is 2. The largest absolute Gasteiger partial charge is 0.367 e. The second kappa shape index (κ2) is 6.64. The molecule has 1 fully saturated rings. The van der Waals surface area contributed by atoms with Crippen molar-refractivity contribution in [3.05, 3.63) is 59.7 Å². The Morgan fingerprint density at radius 3 is 2.48 bits per heavy atom. The van der Waals surface area contributed by atoms with Crippen LogP contribution in [0, 0.1) is 5.82 Å². The number of H-pyrrole nitrogens is 1. The molecule has 1 N–H and O–H groups in total. The Morgan fingerprint density at radius 2 is 1.83 bits per heavy atom. The summed E-state index contributed by atoms with van der Waals surface area (Å²) in [5, 5.41) is 0. The number of nitrogens with zero attached hydrogens (tertiary/aromatic N) is 2. The second-order valence-electron chi connectivity index (χ2n) is 5.58. The van der Waals surface area contributed by atoms with E-state index in [1.165, 1.54) is 18.2 Å². The summed E-state index contributed by atoms with van der Waals surface area (Å²) < 4.78 is 13.2. The number of halogens is 1. The minimum Gasteiger partial charge on any atom is -0.367 e. The molecular weight excluding hydrogens is 297 g/mol. The highest BCUT2D eigenvalue weighted by atomic mass is 19.1. The van der Waals surface area contributed by atoms with Gasteiger partial charge >= 0.3 is 0 Å². The predicted molar refractivity (Wildman–Crippen MR) is 83.4 cm³/mol. The first-order valence-electron chi connectivity index (χ1n) is 7.58. The second-order valence-corrected chi connectivity index (χ2v) is 5.58. The molecule has 0 unspecified atom stereocenters. The number of aromatic amines is 1. The van der Waals surface area contributed by atoms with Crippen molar-refractivity contribution in [2.75, 3.05) is 26.2 Å². The molecule has 0 aliphatic carbocycles. The fourth-order valence-electron chi connectivity index (χ4n) is 2.72. The van der Waals surface area contributed by atoms with Gasteiger partial charge in [0.2, 0.25) is 5.91 Å². The van der Waals surface area contributed by atoms with E-state index in [0.29, 0.717) is 38.2 Å². The van der Waals surface area contributed by atoms with Gasteiger partial charge in [-0.3, -0.25) is 9.59 Å². The third-order valence-corrected chi connectivity index (χ3v) is 4.01. The highest BCUT2D eigenvalue weighted by molar-refractivity contribution is 5.94. The van der Waals surface area contributed by atoms with Crippen LogP contribution < -0.4 is 0 Å². The van der Waals surface area contributed by atoms with Crippen molar-refractivity contribution in [1.29, 1.82) is 0 Å². The van der Waals surface area contributed by atoms with Gasteiger partial charge in [0.25, 0.3) is 5.91 Å². The van der Waals surface area contributed by atoms with Crippen molar-refractivity contribution >= 4 is 11.8 Å². The molecule has 2 heterocycles. The van der Waals surface area contributed by atoms with Crippen LogP contribution in [0.2, 0.25) is 0 Å². The topological polar surface area (TPSA) is 56.4 Å². The minimum absolute atomic E-state index is 0.0578. The van der Waals surface area contributed by atoms with Gasteiger partial charge in [-0.15, -0.1) is 0 Å². The first-order chi connectivity index (χ1) is 11.1. The van der Waals surface area contributed by atoms with E-state index in [0.717, 1.165) is 5.56 Å². The monoisotopic (exact) mass is 315 g/mol. The lowest BCUT2D eigenvalue weighted by molar-refractivity contribution is -0.131. The summed E-state index contributed by atoms with van der Waals surface area (Å²) in [5.74, 6) is -0.555. The molecule has 120 valence electrons. The number of nitrogens with one attached hydrogen (secondary N) is 1. The first-order valence-corrected chi connectivity index (χ1v) is 7.58. The lowest BCUT2D eigenvalue weighted by Gasteiger charge is -2.34. The Labute approximate surface area is 133 Å². The maximum Gasteiger partial charge on any atom is 0.254 e. The van der Waals surface area contributed by atoms with Gasteiger partial charge in [0, 0.05) is 44.1 Å². The molecule has 5 nitrogen and oxygen atoms in total. The molecule has 1 aromatic heterocycles. The number of benzene rings is 1. The van der Waals surface area contributed by atoms with Crippen molar-refractivity contribution in [3.8, 4) is 0 Å². The van der Waals surface area contributed by atoms with Gasteiger partial charge in [-0.1, -0.05) is 6.07 Å². The molecule has 0 bridgehead atoms. The highest BCUT2D eigenvalue weighted by Gasteiger charge is 2.25. The molecule has 0 saturated carbocycles. The van der Waals surface area contributed by atoms with Crippen LogP contribution in [-0.2, 0) is 11.2 Å². The van der Waals surface area contributed by atoms with Gasteiger partial charge in [-0.25, -0.2) is 4.39 Å². The summed E-state index contributed by atoms with van der Waals surface area (Å²) in [6, 6.07) is 7.57. The van der Waals surface area contributed by atoms with Crippen LogP contribution in [0.4, 0.5) is 4.39 Å². The zero-order valence-electron chi connectivity index (χ0n) is 12.7. The average Bonchev–Trinajstić information content (AvgIpc) is 3.07. The lowest BCUT2D eigenvalue weighted by atomic mass is 10.1. The summed E-state index contributed by atoms with van der Waals surface area (Å²) in [7, 11) is 0. The Hall–Kier alpha value is -2.63. The van der Waals surface area contributed by atoms with E-state index < -0.39 is 5.82 Å². The molecular formula is C17H18FN3O2. The normalized spacial score (nSPS) is 14.8. The zero-order valence-corrected chi connectivity index (χ0v) is 12.7. The molecule has 0 radical (unpaired) electrons. The van der Waals surface area contributed by atoms with Crippen LogP contribution in [0.15, 0.2) is 42.7 Å². The molecule has 3 rings (SSSR count). The van der Waals surface area contributed by atoms with Crippen LogP contribution in [-0.4, -0.2) is 52.8 Å². The van der Waals surface area contributed by atoms with Crippen LogP contribution in [0.1, 0.15) is 15.9 Å². The van der Waals surface area contributed by atoms with Gasteiger partial charge in [0.15, 0.2) is 0 Å².